The lowest BCUT2D eigenvalue weighted by Gasteiger charge is -1.77. The van der Waals surface area contributed by atoms with Crippen LogP contribution in [0.1, 0.15) is 5.69 Å². The molecule has 0 aliphatic carbocycles. The van der Waals surface area contributed by atoms with E-state index in [0.29, 0.717) is 5.69 Å². The monoisotopic (exact) mass is 139 g/mol. The average molecular weight is 139 g/mol. The lowest BCUT2D eigenvalue weighted by Crippen LogP contribution is -1.81. The van der Waals surface area contributed by atoms with Crippen LogP contribution in [0, 0.1) is 10.1 Å². The fourth-order valence-corrected chi connectivity index (χ4v) is 0.499. The van der Waals surface area contributed by atoms with Crippen molar-refractivity contribution in [1.29, 1.82) is 0 Å². The molecular weight excluding hydrogens is 134 g/mol. The second-order valence-corrected chi connectivity index (χ2v) is 1.61. The topological polar surface area (TPSA) is 71.8 Å². The summed E-state index contributed by atoms with van der Waals surface area (Å²) in [6.45, 7) is 0. The summed E-state index contributed by atoms with van der Waals surface area (Å²) < 4.78 is 0. The summed E-state index contributed by atoms with van der Waals surface area (Å²) >= 11 is 0. The molecule has 1 rings (SSSR count). The number of hydrogen-bond donors (Lipinski definition) is 1. The van der Waals surface area contributed by atoms with E-state index in [9.17, 15) is 10.1 Å². The molecule has 5 heteroatoms. The Bertz CT molecular complexity index is 239. The van der Waals surface area contributed by atoms with E-state index in [1.54, 1.807) is 0 Å². The predicted octanol–water partition coefficient (Wildman–Crippen LogP) is 0.657. The third-order valence-corrected chi connectivity index (χ3v) is 0.895. The van der Waals surface area contributed by atoms with E-state index in [-0.39, 0.29) is 0 Å². The minimum Gasteiger partial charge on any atom is -0.345 e. The van der Waals surface area contributed by atoms with Crippen molar-refractivity contribution < 1.29 is 4.92 Å². The zero-order chi connectivity index (χ0) is 7.40. The lowest BCUT2D eigenvalue weighted by atomic mass is 10.5. The second-order valence-electron chi connectivity index (χ2n) is 1.61. The summed E-state index contributed by atoms with van der Waals surface area (Å²) in [6.07, 6.45) is 5.15. The Kier molecular flexibility index (Phi) is 1.79. The van der Waals surface area contributed by atoms with E-state index in [4.69, 9.17) is 0 Å². The van der Waals surface area contributed by atoms with Crippen molar-refractivity contribution in [3.8, 4) is 0 Å². The first kappa shape index (κ1) is 6.47. The molecule has 0 spiro atoms. The van der Waals surface area contributed by atoms with Gasteiger partial charge in [0, 0.05) is 6.08 Å². The zero-order valence-electron chi connectivity index (χ0n) is 5.02. The van der Waals surface area contributed by atoms with E-state index in [0.717, 1.165) is 6.20 Å². The van der Waals surface area contributed by atoms with Gasteiger partial charge in [0.1, 0.15) is 0 Å². The van der Waals surface area contributed by atoms with Crippen LogP contribution < -0.4 is 0 Å². The van der Waals surface area contributed by atoms with Crippen LogP contribution in [0.25, 0.3) is 6.08 Å². The molecule has 0 aromatic carbocycles. The Hall–Kier alpha value is -1.65. The number of aromatic nitrogens is 2. The zero-order valence-corrected chi connectivity index (χ0v) is 5.02. The molecule has 0 atom stereocenters. The average Bonchev–Trinajstić information content (AvgIpc) is 2.34. The van der Waals surface area contributed by atoms with Crippen molar-refractivity contribution in [2.45, 2.75) is 0 Å². The molecule has 52 valence electrons. The molecular formula is C5H5N3O2. The quantitative estimate of drug-likeness (QED) is 0.483. The maximum atomic E-state index is 9.78. The normalized spacial score (nSPS) is 10.4. The molecule has 0 bridgehead atoms. The van der Waals surface area contributed by atoms with Gasteiger partial charge in [-0.05, 0) is 0 Å². The number of aromatic amines is 1. The van der Waals surface area contributed by atoms with Crippen LogP contribution in [-0.4, -0.2) is 14.9 Å². The van der Waals surface area contributed by atoms with Crippen molar-refractivity contribution in [2.24, 2.45) is 0 Å². The molecule has 0 saturated heterocycles. The van der Waals surface area contributed by atoms with Crippen molar-refractivity contribution in [2.75, 3.05) is 0 Å². The smallest absolute Gasteiger partial charge is 0.236 e. The Morgan fingerprint density at radius 3 is 3.10 bits per heavy atom. The molecule has 5 nitrogen and oxygen atoms in total. The highest BCUT2D eigenvalue weighted by Crippen LogP contribution is 1.92. The lowest BCUT2D eigenvalue weighted by molar-refractivity contribution is -0.401. The van der Waals surface area contributed by atoms with Crippen LogP contribution in [0.2, 0.25) is 0 Å². The maximum absolute atomic E-state index is 9.78. The third kappa shape index (κ3) is 1.70. The summed E-state index contributed by atoms with van der Waals surface area (Å²) in [6, 6.07) is 0. The Balaban J connectivity index is 2.64. The molecule has 0 radical (unpaired) electrons. The fraction of sp³-hybridized carbons (Fsp3) is 0. The molecule has 1 aromatic rings. The summed E-state index contributed by atoms with van der Waals surface area (Å²) in [5, 5.41) is 9.78. The number of H-pyrrole nitrogens is 1. The largest absolute Gasteiger partial charge is 0.345 e. The highest BCUT2D eigenvalue weighted by molar-refractivity contribution is 5.40. The molecule has 0 saturated carbocycles. The first-order valence-electron chi connectivity index (χ1n) is 2.59. The third-order valence-electron chi connectivity index (χ3n) is 0.895. The van der Waals surface area contributed by atoms with Gasteiger partial charge in [-0.25, -0.2) is 4.98 Å². The van der Waals surface area contributed by atoms with Crippen LogP contribution in [0.5, 0.6) is 0 Å². The van der Waals surface area contributed by atoms with E-state index in [2.05, 4.69) is 9.97 Å². The van der Waals surface area contributed by atoms with Gasteiger partial charge in [-0.2, -0.15) is 0 Å². The van der Waals surface area contributed by atoms with Crippen LogP contribution in [0.15, 0.2) is 18.7 Å². The van der Waals surface area contributed by atoms with E-state index >= 15 is 0 Å². The minimum atomic E-state index is -0.527. The summed E-state index contributed by atoms with van der Waals surface area (Å²) in [5.41, 5.74) is 0.622. The van der Waals surface area contributed by atoms with Crippen LogP contribution >= 0.6 is 0 Å². The number of nitrogens with zero attached hydrogens (tertiary/aromatic N) is 2. The van der Waals surface area contributed by atoms with Gasteiger partial charge in [0.05, 0.1) is 23.1 Å². The first-order valence-corrected chi connectivity index (χ1v) is 2.59. The first-order chi connectivity index (χ1) is 4.79. The molecule has 0 amide bonds. The minimum absolute atomic E-state index is 0.527. The summed E-state index contributed by atoms with van der Waals surface area (Å²) in [7, 11) is 0. The van der Waals surface area contributed by atoms with E-state index in [1.165, 1.54) is 18.6 Å². The summed E-state index contributed by atoms with van der Waals surface area (Å²) in [5.74, 6) is 0. The van der Waals surface area contributed by atoms with Gasteiger partial charge in [-0.3, -0.25) is 10.1 Å². The fourth-order valence-electron chi connectivity index (χ4n) is 0.499. The Morgan fingerprint density at radius 1 is 1.80 bits per heavy atom. The van der Waals surface area contributed by atoms with Crippen molar-refractivity contribution >= 4 is 6.08 Å². The second kappa shape index (κ2) is 2.77. The Labute approximate surface area is 56.6 Å². The SMILES string of the molecule is O=[N+]([O-])/C=C/c1cnc[nH]1. The number of imidazole rings is 1. The molecule has 0 fully saturated rings. The van der Waals surface area contributed by atoms with Crippen LogP contribution in [-0.2, 0) is 0 Å². The molecule has 10 heavy (non-hydrogen) atoms. The molecule has 1 N–H and O–H groups in total. The van der Waals surface area contributed by atoms with Gasteiger partial charge in [0.15, 0.2) is 0 Å². The summed E-state index contributed by atoms with van der Waals surface area (Å²) in [4.78, 5) is 15.6. The maximum Gasteiger partial charge on any atom is 0.236 e. The molecule has 1 heterocycles. The molecule has 0 aliphatic rings. The number of hydrogen-bond acceptors (Lipinski definition) is 3. The van der Waals surface area contributed by atoms with Gasteiger partial charge < -0.3 is 4.98 Å². The van der Waals surface area contributed by atoms with Gasteiger partial charge in [-0.1, -0.05) is 0 Å². The molecule has 1 aromatic heterocycles. The van der Waals surface area contributed by atoms with Crippen LogP contribution in [0.3, 0.4) is 0 Å². The van der Waals surface area contributed by atoms with E-state index in [1.807, 2.05) is 0 Å². The highest BCUT2D eigenvalue weighted by Gasteiger charge is 1.88. The van der Waals surface area contributed by atoms with Crippen molar-refractivity contribution in [1.82, 2.24) is 9.97 Å². The highest BCUT2D eigenvalue weighted by atomic mass is 16.6. The number of rotatable bonds is 2. The Morgan fingerprint density at radius 2 is 2.60 bits per heavy atom. The van der Waals surface area contributed by atoms with Gasteiger partial charge in [0.25, 0.3) is 0 Å². The van der Waals surface area contributed by atoms with Crippen molar-refractivity contribution in [3.05, 3.63) is 34.5 Å². The molecule has 0 aliphatic heterocycles. The van der Waals surface area contributed by atoms with Gasteiger partial charge in [0.2, 0.25) is 6.20 Å². The molecule has 0 unspecified atom stereocenters. The predicted molar refractivity (Wildman–Crippen MR) is 34.6 cm³/mol. The number of nitrogens with one attached hydrogen (secondary N) is 1. The van der Waals surface area contributed by atoms with E-state index < -0.39 is 4.92 Å². The van der Waals surface area contributed by atoms with Gasteiger partial charge in [-0.15, -0.1) is 0 Å². The number of nitro groups is 1. The standard InChI is InChI=1S/C5H5N3O2/c9-8(10)2-1-5-3-6-4-7-5/h1-4H,(H,6,7)/b2-1+. The van der Waals surface area contributed by atoms with Crippen LogP contribution in [0.4, 0.5) is 0 Å². The van der Waals surface area contributed by atoms with Gasteiger partial charge >= 0.3 is 0 Å². The van der Waals surface area contributed by atoms with Crippen molar-refractivity contribution in [3.63, 3.8) is 0 Å².